The molecule has 0 radical (unpaired) electrons. The van der Waals surface area contributed by atoms with Crippen LogP contribution >= 0.6 is 0 Å². The quantitative estimate of drug-likeness (QED) is 0.658. The fourth-order valence-corrected chi connectivity index (χ4v) is 1.80. The van der Waals surface area contributed by atoms with Crippen LogP contribution in [0.2, 0.25) is 0 Å². The zero-order chi connectivity index (χ0) is 11.0. The van der Waals surface area contributed by atoms with Crippen LogP contribution < -0.4 is 0 Å². The molecule has 2 aromatic heterocycles. The molecule has 3 rings (SSSR count). The first-order valence-electron chi connectivity index (χ1n) is 5.02. The summed E-state index contributed by atoms with van der Waals surface area (Å²) in [6.07, 6.45) is 3.65. The van der Waals surface area contributed by atoms with Crippen molar-refractivity contribution in [2.24, 2.45) is 0 Å². The highest BCUT2D eigenvalue weighted by molar-refractivity contribution is 5.92. The molecule has 0 bridgehead atoms. The van der Waals surface area contributed by atoms with Gasteiger partial charge in [0, 0.05) is 18.0 Å². The van der Waals surface area contributed by atoms with E-state index in [-0.39, 0.29) is 5.82 Å². The molecule has 0 spiro atoms. The predicted molar refractivity (Wildman–Crippen MR) is 61.5 cm³/mol. The molecular weight excluding hydrogens is 203 g/mol. The number of hydrogen-bond donors (Lipinski definition) is 1. The van der Waals surface area contributed by atoms with Gasteiger partial charge >= 0.3 is 0 Å². The molecule has 0 atom stereocenters. The second kappa shape index (κ2) is 3.45. The summed E-state index contributed by atoms with van der Waals surface area (Å²) in [4.78, 5) is 7.46. The highest BCUT2D eigenvalue weighted by Gasteiger charge is 2.06. The summed E-state index contributed by atoms with van der Waals surface area (Å²) in [5.74, 6) is -0.225. The van der Waals surface area contributed by atoms with E-state index in [2.05, 4.69) is 9.97 Å². The van der Waals surface area contributed by atoms with Crippen molar-refractivity contribution in [2.75, 3.05) is 0 Å². The van der Waals surface area contributed by atoms with Gasteiger partial charge in [0.25, 0.3) is 0 Å². The van der Waals surface area contributed by atoms with Crippen LogP contribution in [-0.2, 0) is 0 Å². The van der Waals surface area contributed by atoms with Crippen molar-refractivity contribution in [2.45, 2.75) is 0 Å². The molecule has 0 saturated carbocycles. The number of pyridine rings is 1. The van der Waals surface area contributed by atoms with E-state index in [1.807, 2.05) is 18.3 Å². The molecule has 16 heavy (non-hydrogen) atoms. The number of fused-ring (bicyclic) bond motifs is 1. The molecular formula is C13H9FN2. The molecule has 1 aromatic carbocycles. The van der Waals surface area contributed by atoms with Gasteiger partial charge in [-0.05, 0) is 29.8 Å². The molecule has 0 aliphatic heterocycles. The van der Waals surface area contributed by atoms with Crippen LogP contribution in [0.25, 0.3) is 22.2 Å². The summed E-state index contributed by atoms with van der Waals surface area (Å²) in [6, 6.07) is 10.3. The maximum absolute atomic E-state index is 12.8. The zero-order valence-electron chi connectivity index (χ0n) is 8.44. The lowest BCUT2D eigenvalue weighted by Crippen LogP contribution is -1.79. The Labute approximate surface area is 91.8 Å². The van der Waals surface area contributed by atoms with Crippen LogP contribution in [0.1, 0.15) is 0 Å². The minimum atomic E-state index is -0.225. The Morgan fingerprint density at radius 1 is 1.06 bits per heavy atom. The van der Waals surface area contributed by atoms with Gasteiger partial charge < -0.3 is 4.98 Å². The van der Waals surface area contributed by atoms with Gasteiger partial charge in [-0.25, -0.2) is 4.39 Å². The van der Waals surface area contributed by atoms with Gasteiger partial charge in [0.15, 0.2) is 0 Å². The van der Waals surface area contributed by atoms with E-state index in [0.717, 1.165) is 22.2 Å². The SMILES string of the molecule is Fc1ccc(-c2c[nH]c3cccnc23)cc1. The number of hydrogen-bond acceptors (Lipinski definition) is 1. The van der Waals surface area contributed by atoms with Gasteiger partial charge in [-0.2, -0.15) is 0 Å². The summed E-state index contributed by atoms with van der Waals surface area (Å²) in [7, 11) is 0. The maximum Gasteiger partial charge on any atom is 0.123 e. The van der Waals surface area contributed by atoms with Crippen molar-refractivity contribution in [3.05, 3.63) is 54.6 Å². The Bertz CT molecular complexity index is 626. The standard InChI is InChI=1S/C13H9FN2/c14-10-5-3-9(4-6-10)11-8-16-12-2-1-7-15-13(11)12/h1-8,16H. The second-order valence-corrected chi connectivity index (χ2v) is 3.61. The number of aromatic nitrogens is 2. The topological polar surface area (TPSA) is 28.7 Å². The number of benzene rings is 1. The van der Waals surface area contributed by atoms with Crippen molar-refractivity contribution in [1.29, 1.82) is 0 Å². The Morgan fingerprint density at radius 2 is 1.88 bits per heavy atom. The number of nitrogens with zero attached hydrogens (tertiary/aromatic N) is 1. The van der Waals surface area contributed by atoms with E-state index in [1.54, 1.807) is 18.3 Å². The molecule has 2 heterocycles. The Balaban J connectivity index is 2.22. The van der Waals surface area contributed by atoms with E-state index < -0.39 is 0 Å². The van der Waals surface area contributed by atoms with E-state index in [9.17, 15) is 4.39 Å². The summed E-state index contributed by atoms with van der Waals surface area (Å²) >= 11 is 0. The summed E-state index contributed by atoms with van der Waals surface area (Å²) < 4.78 is 12.8. The van der Waals surface area contributed by atoms with Crippen LogP contribution in [0.15, 0.2) is 48.8 Å². The predicted octanol–water partition coefficient (Wildman–Crippen LogP) is 3.37. The number of aromatic amines is 1. The van der Waals surface area contributed by atoms with E-state index in [4.69, 9.17) is 0 Å². The fraction of sp³-hybridized carbons (Fsp3) is 0. The first-order valence-corrected chi connectivity index (χ1v) is 5.02. The third-order valence-electron chi connectivity index (χ3n) is 2.59. The van der Waals surface area contributed by atoms with E-state index >= 15 is 0 Å². The van der Waals surface area contributed by atoms with Crippen LogP contribution in [0.4, 0.5) is 4.39 Å². The van der Waals surface area contributed by atoms with Gasteiger partial charge in [0.1, 0.15) is 5.82 Å². The smallest absolute Gasteiger partial charge is 0.123 e. The monoisotopic (exact) mass is 212 g/mol. The number of nitrogens with one attached hydrogen (secondary N) is 1. The van der Waals surface area contributed by atoms with Crippen molar-refractivity contribution < 1.29 is 4.39 Å². The van der Waals surface area contributed by atoms with Crippen LogP contribution in [0.5, 0.6) is 0 Å². The molecule has 2 nitrogen and oxygen atoms in total. The summed E-state index contributed by atoms with van der Waals surface area (Å²) in [5.41, 5.74) is 3.86. The molecule has 1 N–H and O–H groups in total. The second-order valence-electron chi connectivity index (χ2n) is 3.61. The van der Waals surface area contributed by atoms with Gasteiger partial charge in [-0.3, -0.25) is 4.98 Å². The van der Waals surface area contributed by atoms with Crippen LogP contribution in [0, 0.1) is 5.82 Å². The third kappa shape index (κ3) is 1.37. The normalized spacial score (nSPS) is 10.8. The van der Waals surface area contributed by atoms with Gasteiger partial charge in [0.2, 0.25) is 0 Å². The van der Waals surface area contributed by atoms with Crippen LogP contribution in [-0.4, -0.2) is 9.97 Å². The molecule has 0 saturated heterocycles. The molecule has 0 amide bonds. The lowest BCUT2D eigenvalue weighted by molar-refractivity contribution is 0.628. The third-order valence-corrected chi connectivity index (χ3v) is 2.59. The minimum Gasteiger partial charge on any atom is -0.359 e. The minimum absolute atomic E-state index is 0.225. The average Bonchev–Trinajstić information content (AvgIpc) is 2.74. The molecule has 3 aromatic rings. The Hall–Kier alpha value is -2.16. The van der Waals surface area contributed by atoms with Gasteiger partial charge in [-0.15, -0.1) is 0 Å². The number of rotatable bonds is 1. The number of H-pyrrole nitrogens is 1. The number of halogens is 1. The molecule has 78 valence electrons. The molecule has 0 aliphatic carbocycles. The lowest BCUT2D eigenvalue weighted by atomic mass is 10.1. The molecule has 0 fully saturated rings. The van der Waals surface area contributed by atoms with Crippen molar-refractivity contribution in [3.8, 4) is 11.1 Å². The summed E-state index contributed by atoms with van der Waals surface area (Å²) in [6.45, 7) is 0. The van der Waals surface area contributed by atoms with Crippen LogP contribution in [0.3, 0.4) is 0 Å². The Morgan fingerprint density at radius 3 is 2.69 bits per heavy atom. The highest BCUT2D eigenvalue weighted by Crippen LogP contribution is 2.26. The zero-order valence-corrected chi connectivity index (χ0v) is 8.44. The molecule has 0 aliphatic rings. The van der Waals surface area contributed by atoms with Crippen molar-refractivity contribution >= 4 is 11.0 Å². The fourth-order valence-electron chi connectivity index (χ4n) is 1.80. The van der Waals surface area contributed by atoms with E-state index in [0.29, 0.717) is 0 Å². The van der Waals surface area contributed by atoms with Gasteiger partial charge in [-0.1, -0.05) is 12.1 Å². The Kier molecular flexibility index (Phi) is 1.96. The average molecular weight is 212 g/mol. The van der Waals surface area contributed by atoms with Crippen molar-refractivity contribution in [3.63, 3.8) is 0 Å². The largest absolute Gasteiger partial charge is 0.359 e. The van der Waals surface area contributed by atoms with E-state index in [1.165, 1.54) is 12.1 Å². The molecule has 0 unspecified atom stereocenters. The first kappa shape index (κ1) is 9.09. The lowest BCUT2D eigenvalue weighted by Gasteiger charge is -1.98. The highest BCUT2D eigenvalue weighted by atomic mass is 19.1. The summed E-state index contributed by atoms with van der Waals surface area (Å²) in [5, 5.41) is 0. The maximum atomic E-state index is 12.8. The van der Waals surface area contributed by atoms with Gasteiger partial charge in [0.05, 0.1) is 11.0 Å². The first-order chi connectivity index (χ1) is 7.84. The van der Waals surface area contributed by atoms with Crippen molar-refractivity contribution in [1.82, 2.24) is 9.97 Å². The molecule has 3 heteroatoms.